The molecule has 0 aromatic carbocycles. The Bertz CT molecular complexity index is 237. The van der Waals surface area contributed by atoms with E-state index >= 15 is 0 Å². The van der Waals surface area contributed by atoms with Crippen LogP contribution in [0.5, 0.6) is 0 Å². The largest absolute Gasteiger partial charge is 0.480 e. The molecule has 80 valence electrons. The van der Waals surface area contributed by atoms with Crippen molar-refractivity contribution < 1.29 is 19.4 Å². The first-order valence-corrected chi connectivity index (χ1v) is 4.79. The molecule has 0 aromatic heterocycles. The molecular weight excluding hydrogens is 186 g/mol. The number of hydrogen-bond donors (Lipinski definition) is 1. The molecule has 1 unspecified atom stereocenters. The van der Waals surface area contributed by atoms with Gasteiger partial charge in [-0.15, -0.1) is 0 Å². The van der Waals surface area contributed by atoms with Crippen molar-refractivity contribution >= 4 is 12.1 Å². The van der Waals surface area contributed by atoms with Crippen molar-refractivity contribution in [3.05, 3.63) is 0 Å². The van der Waals surface area contributed by atoms with Crippen molar-refractivity contribution in [3.8, 4) is 0 Å². The first-order chi connectivity index (χ1) is 6.61. The van der Waals surface area contributed by atoms with Crippen molar-refractivity contribution in [1.82, 2.24) is 4.90 Å². The van der Waals surface area contributed by atoms with Gasteiger partial charge < -0.3 is 9.84 Å². The summed E-state index contributed by atoms with van der Waals surface area (Å²) in [5.74, 6) is -0.997. The van der Waals surface area contributed by atoms with E-state index in [9.17, 15) is 9.59 Å². The van der Waals surface area contributed by atoms with Crippen molar-refractivity contribution in [2.45, 2.75) is 38.8 Å². The number of carbonyl (C=O) groups excluding carboxylic acids is 1. The number of carboxylic acid groups (broad SMARTS) is 1. The van der Waals surface area contributed by atoms with Crippen molar-refractivity contribution in [1.29, 1.82) is 0 Å². The highest BCUT2D eigenvalue weighted by Gasteiger charge is 2.41. The Labute approximate surface area is 82.6 Å². The highest BCUT2D eigenvalue weighted by Crippen LogP contribution is 2.20. The number of amides is 1. The molecule has 0 radical (unpaired) electrons. The lowest BCUT2D eigenvalue weighted by Crippen LogP contribution is -2.45. The number of nitrogens with zero attached hydrogens (tertiary/aromatic N) is 1. The first-order valence-electron chi connectivity index (χ1n) is 4.79. The zero-order valence-corrected chi connectivity index (χ0v) is 8.40. The number of carbonyl (C=O) groups is 2. The van der Waals surface area contributed by atoms with Crippen molar-refractivity contribution in [2.24, 2.45) is 0 Å². The zero-order chi connectivity index (χ0) is 10.7. The van der Waals surface area contributed by atoms with Gasteiger partial charge in [0, 0.05) is 6.04 Å². The third-order valence-electron chi connectivity index (χ3n) is 2.53. The molecule has 0 saturated carbocycles. The van der Waals surface area contributed by atoms with Gasteiger partial charge in [-0.1, -0.05) is 13.8 Å². The van der Waals surface area contributed by atoms with Crippen molar-refractivity contribution in [2.75, 3.05) is 6.61 Å². The van der Waals surface area contributed by atoms with Crippen LogP contribution in [0, 0.1) is 0 Å². The summed E-state index contributed by atoms with van der Waals surface area (Å²) in [6, 6.07) is -0.849. The van der Waals surface area contributed by atoms with E-state index in [2.05, 4.69) is 0 Å². The van der Waals surface area contributed by atoms with Crippen LogP contribution in [0.1, 0.15) is 26.7 Å². The van der Waals surface area contributed by atoms with Crippen LogP contribution in [-0.4, -0.2) is 40.8 Å². The second kappa shape index (κ2) is 4.30. The molecule has 1 rings (SSSR count). The Balaban J connectivity index is 2.80. The minimum atomic E-state index is -0.997. The number of rotatable bonds is 4. The summed E-state index contributed by atoms with van der Waals surface area (Å²) >= 11 is 0. The predicted octanol–water partition coefficient (Wildman–Crippen LogP) is 1.08. The van der Waals surface area contributed by atoms with Gasteiger partial charge in [-0.05, 0) is 12.8 Å². The van der Waals surface area contributed by atoms with E-state index < -0.39 is 18.1 Å². The van der Waals surface area contributed by atoms with Gasteiger partial charge >= 0.3 is 12.1 Å². The Morgan fingerprint density at radius 1 is 1.64 bits per heavy atom. The molecule has 0 aliphatic carbocycles. The SMILES string of the molecule is CCC(CC)N1C(=O)OCC1C(=O)O. The van der Waals surface area contributed by atoms with Crippen LogP contribution in [0.4, 0.5) is 4.79 Å². The number of cyclic esters (lactones) is 1. The van der Waals surface area contributed by atoms with Crippen LogP contribution in [-0.2, 0) is 9.53 Å². The third-order valence-corrected chi connectivity index (χ3v) is 2.53. The molecule has 1 aliphatic heterocycles. The summed E-state index contributed by atoms with van der Waals surface area (Å²) < 4.78 is 4.73. The van der Waals surface area contributed by atoms with Crippen LogP contribution in [0.15, 0.2) is 0 Å². The molecular formula is C9H15NO4. The number of aliphatic carboxylic acids is 1. The minimum Gasteiger partial charge on any atom is -0.480 e. The minimum absolute atomic E-state index is 0.0360. The standard InChI is InChI=1S/C9H15NO4/c1-3-6(4-2)10-7(8(11)12)5-14-9(10)13/h6-7H,3-5H2,1-2H3,(H,11,12). The van der Waals surface area contributed by atoms with Gasteiger partial charge in [0.15, 0.2) is 6.04 Å². The van der Waals surface area contributed by atoms with Gasteiger partial charge in [0.25, 0.3) is 0 Å². The van der Waals surface area contributed by atoms with Crippen LogP contribution < -0.4 is 0 Å². The van der Waals surface area contributed by atoms with E-state index in [0.29, 0.717) is 0 Å². The topological polar surface area (TPSA) is 66.8 Å². The average molecular weight is 201 g/mol. The van der Waals surface area contributed by atoms with Crippen molar-refractivity contribution in [3.63, 3.8) is 0 Å². The van der Waals surface area contributed by atoms with E-state index in [-0.39, 0.29) is 12.6 Å². The van der Waals surface area contributed by atoms with Crippen LogP contribution in [0.3, 0.4) is 0 Å². The van der Waals surface area contributed by atoms with E-state index in [0.717, 1.165) is 12.8 Å². The molecule has 5 nitrogen and oxygen atoms in total. The molecule has 0 bridgehead atoms. The van der Waals surface area contributed by atoms with E-state index in [1.165, 1.54) is 4.90 Å². The van der Waals surface area contributed by atoms with Gasteiger partial charge in [0.2, 0.25) is 0 Å². The summed E-state index contributed by atoms with van der Waals surface area (Å²) in [4.78, 5) is 23.4. The van der Waals surface area contributed by atoms with E-state index in [1.54, 1.807) is 0 Å². The summed E-state index contributed by atoms with van der Waals surface area (Å²) in [7, 11) is 0. The lowest BCUT2D eigenvalue weighted by Gasteiger charge is -2.26. The Hall–Kier alpha value is -1.26. The van der Waals surface area contributed by atoms with Gasteiger partial charge in [-0.2, -0.15) is 0 Å². The fraction of sp³-hybridized carbons (Fsp3) is 0.778. The summed E-state index contributed by atoms with van der Waals surface area (Å²) in [5, 5.41) is 8.87. The maximum absolute atomic E-state index is 11.3. The highest BCUT2D eigenvalue weighted by atomic mass is 16.6. The van der Waals surface area contributed by atoms with E-state index in [1.807, 2.05) is 13.8 Å². The molecule has 0 aromatic rings. The summed E-state index contributed by atoms with van der Waals surface area (Å²) in [6.07, 6.45) is 0.983. The average Bonchev–Trinajstić information content (AvgIpc) is 2.51. The number of hydrogen-bond acceptors (Lipinski definition) is 3. The van der Waals surface area contributed by atoms with Gasteiger partial charge in [0.05, 0.1) is 0 Å². The second-order valence-electron chi connectivity index (χ2n) is 3.31. The first kappa shape index (κ1) is 10.8. The molecule has 1 N–H and O–H groups in total. The van der Waals surface area contributed by atoms with Gasteiger partial charge in [0.1, 0.15) is 6.61 Å². The number of carboxylic acids is 1. The fourth-order valence-electron chi connectivity index (χ4n) is 1.71. The third kappa shape index (κ3) is 1.81. The second-order valence-corrected chi connectivity index (χ2v) is 3.31. The smallest absolute Gasteiger partial charge is 0.410 e. The molecule has 1 saturated heterocycles. The molecule has 1 fully saturated rings. The normalized spacial score (nSPS) is 21.5. The summed E-state index contributed by atoms with van der Waals surface area (Å²) in [6.45, 7) is 3.82. The monoisotopic (exact) mass is 201 g/mol. The van der Waals surface area contributed by atoms with E-state index in [4.69, 9.17) is 9.84 Å². The predicted molar refractivity (Wildman–Crippen MR) is 49.0 cm³/mol. The lowest BCUT2D eigenvalue weighted by molar-refractivity contribution is -0.142. The quantitative estimate of drug-likeness (QED) is 0.739. The molecule has 14 heavy (non-hydrogen) atoms. The van der Waals surface area contributed by atoms with Crippen LogP contribution in [0.25, 0.3) is 0 Å². The Morgan fingerprint density at radius 3 is 2.64 bits per heavy atom. The molecule has 0 spiro atoms. The highest BCUT2D eigenvalue weighted by molar-refractivity contribution is 5.83. The Kier molecular flexibility index (Phi) is 3.33. The van der Waals surface area contributed by atoms with Gasteiger partial charge in [-0.3, -0.25) is 4.90 Å². The summed E-state index contributed by atoms with van der Waals surface area (Å²) in [5.41, 5.74) is 0. The molecule has 1 amide bonds. The molecule has 1 heterocycles. The molecule has 1 aliphatic rings. The van der Waals surface area contributed by atoms with Crippen LogP contribution in [0.2, 0.25) is 0 Å². The maximum Gasteiger partial charge on any atom is 0.410 e. The van der Waals surface area contributed by atoms with Crippen LogP contribution >= 0.6 is 0 Å². The van der Waals surface area contributed by atoms with Gasteiger partial charge in [-0.25, -0.2) is 9.59 Å². The zero-order valence-electron chi connectivity index (χ0n) is 8.40. The molecule has 5 heteroatoms. The molecule has 1 atom stereocenters. The lowest BCUT2D eigenvalue weighted by atomic mass is 10.1. The number of ether oxygens (including phenoxy) is 1. The maximum atomic E-state index is 11.3. The fourth-order valence-corrected chi connectivity index (χ4v) is 1.71. The Morgan fingerprint density at radius 2 is 2.21 bits per heavy atom.